The lowest BCUT2D eigenvalue weighted by molar-refractivity contribution is -0.162. The first kappa shape index (κ1) is 18.7. The molecule has 138 valence electrons. The summed E-state index contributed by atoms with van der Waals surface area (Å²) in [5, 5.41) is 8.97. The van der Waals surface area contributed by atoms with Crippen LogP contribution >= 0.6 is 0 Å². The molecule has 1 unspecified atom stereocenters. The smallest absolute Gasteiger partial charge is 0.338 e. The maximum absolute atomic E-state index is 13.0. The molecule has 0 N–H and O–H groups in total. The molecule has 0 saturated carbocycles. The summed E-state index contributed by atoms with van der Waals surface area (Å²) in [5.74, 6) is 0.0281. The number of nitriles is 1. The average Bonchev–Trinajstić information content (AvgIpc) is 3.07. The van der Waals surface area contributed by atoms with Gasteiger partial charge in [-0.1, -0.05) is 30.3 Å². The Kier molecular flexibility index (Phi) is 5.00. The molecule has 1 atom stereocenters. The van der Waals surface area contributed by atoms with E-state index in [1.54, 1.807) is 12.1 Å². The van der Waals surface area contributed by atoms with Gasteiger partial charge in [-0.3, -0.25) is 0 Å². The SMILES string of the molecule is CC(C)(C)OC(=O)C1(Cc2ccc(C#N)cc2)COC(c2ccccc2)=N1. The number of nitrogens with zero attached hydrogens (tertiary/aromatic N) is 2. The van der Waals surface area contributed by atoms with Crippen molar-refractivity contribution >= 4 is 11.9 Å². The highest BCUT2D eigenvalue weighted by molar-refractivity contribution is 5.99. The van der Waals surface area contributed by atoms with Crippen molar-refractivity contribution in [3.05, 3.63) is 71.3 Å². The van der Waals surface area contributed by atoms with Gasteiger partial charge >= 0.3 is 5.97 Å². The molecule has 1 aliphatic rings. The molecule has 0 saturated heterocycles. The Bertz CT molecular complexity index is 890. The summed E-state index contributed by atoms with van der Waals surface area (Å²) in [5.41, 5.74) is 0.511. The lowest BCUT2D eigenvalue weighted by Crippen LogP contribution is -2.45. The maximum Gasteiger partial charge on any atom is 0.338 e. The fourth-order valence-electron chi connectivity index (χ4n) is 2.85. The molecule has 1 heterocycles. The predicted molar refractivity (Wildman–Crippen MR) is 102 cm³/mol. The second kappa shape index (κ2) is 7.24. The van der Waals surface area contributed by atoms with E-state index >= 15 is 0 Å². The van der Waals surface area contributed by atoms with Crippen LogP contribution < -0.4 is 0 Å². The molecule has 0 aliphatic carbocycles. The van der Waals surface area contributed by atoms with Gasteiger partial charge < -0.3 is 9.47 Å². The van der Waals surface area contributed by atoms with Crippen molar-refractivity contribution in [3.8, 4) is 6.07 Å². The highest BCUT2D eigenvalue weighted by Crippen LogP contribution is 2.29. The summed E-state index contributed by atoms with van der Waals surface area (Å²) >= 11 is 0. The molecule has 0 fully saturated rings. The molecule has 0 amide bonds. The summed E-state index contributed by atoms with van der Waals surface area (Å²) in [6.45, 7) is 5.61. The second-order valence-electron chi connectivity index (χ2n) is 7.59. The molecule has 2 aromatic rings. The summed E-state index contributed by atoms with van der Waals surface area (Å²) in [7, 11) is 0. The predicted octanol–water partition coefficient (Wildman–Crippen LogP) is 3.66. The highest BCUT2D eigenvalue weighted by atomic mass is 16.6. The number of ether oxygens (including phenoxy) is 2. The lowest BCUT2D eigenvalue weighted by atomic mass is 9.92. The van der Waals surface area contributed by atoms with Crippen LogP contribution in [-0.2, 0) is 20.7 Å². The number of hydrogen-bond donors (Lipinski definition) is 0. The van der Waals surface area contributed by atoms with Crippen molar-refractivity contribution in [2.24, 2.45) is 4.99 Å². The lowest BCUT2D eigenvalue weighted by Gasteiger charge is -2.28. The Labute approximate surface area is 159 Å². The Morgan fingerprint density at radius 1 is 1.19 bits per heavy atom. The van der Waals surface area contributed by atoms with E-state index in [1.165, 1.54) is 0 Å². The van der Waals surface area contributed by atoms with Crippen molar-refractivity contribution in [1.29, 1.82) is 5.26 Å². The van der Waals surface area contributed by atoms with Crippen LogP contribution in [0.25, 0.3) is 0 Å². The van der Waals surface area contributed by atoms with Crippen molar-refractivity contribution < 1.29 is 14.3 Å². The molecular formula is C22H22N2O3. The third-order valence-corrected chi connectivity index (χ3v) is 4.14. The van der Waals surface area contributed by atoms with E-state index < -0.39 is 17.1 Å². The summed E-state index contributed by atoms with van der Waals surface area (Å²) in [6, 6.07) is 18.7. The van der Waals surface area contributed by atoms with Crippen molar-refractivity contribution in [1.82, 2.24) is 0 Å². The fraction of sp³-hybridized carbons (Fsp3) is 0.318. The average molecular weight is 362 g/mol. The quantitative estimate of drug-likeness (QED) is 0.778. The standard InChI is InChI=1S/C22H22N2O3/c1-21(2,3)27-20(25)22(13-16-9-11-17(14-23)12-10-16)15-26-19(24-22)18-7-5-4-6-8-18/h4-12H,13,15H2,1-3H3. The van der Waals surface area contributed by atoms with Crippen molar-refractivity contribution in [2.75, 3.05) is 6.61 Å². The molecule has 5 nitrogen and oxygen atoms in total. The maximum atomic E-state index is 13.0. The van der Waals surface area contributed by atoms with Gasteiger partial charge in [0.05, 0.1) is 11.6 Å². The minimum Gasteiger partial charge on any atom is -0.474 e. The molecule has 0 spiro atoms. The normalized spacial score (nSPS) is 19.0. The Balaban J connectivity index is 1.96. The van der Waals surface area contributed by atoms with Gasteiger partial charge in [0, 0.05) is 12.0 Å². The van der Waals surface area contributed by atoms with Gasteiger partial charge in [0.25, 0.3) is 0 Å². The molecule has 27 heavy (non-hydrogen) atoms. The van der Waals surface area contributed by atoms with Gasteiger partial charge in [-0.25, -0.2) is 9.79 Å². The number of carbonyl (C=O) groups is 1. The first-order valence-corrected chi connectivity index (χ1v) is 8.82. The number of carbonyl (C=O) groups excluding carboxylic acids is 1. The minimum absolute atomic E-state index is 0.117. The van der Waals surface area contributed by atoms with E-state index in [-0.39, 0.29) is 6.61 Å². The van der Waals surface area contributed by atoms with Crippen LogP contribution in [-0.4, -0.2) is 29.6 Å². The number of hydrogen-bond acceptors (Lipinski definition) is 5. The van der Waals surface area contributed by atoms with Gasteiger partial charge in [-0.2, -0.15) is 5.26 Å². The third-order valence-electron chi connectivity index (χ3n) is 4.14. The van der Waals surface area contributed by atoms with Crippen LogP contribution in [0.4, 0.5) is 0 Å². The molecule has 5 heteroatoms. The zero-order valence-electron chi connectivity index (χ0n) is 15.7. The van der Waals surface area contributed by atoms with E-state index in [0.717, 1.165) is 11.1 Å². The van der Waals surface area contributed by atoms with Gasteiger partial charge in [0.15, 0.2) is 5.54 Å². The molecule has 0 bridgehead atoms. The first-order valence-electron chi connectivity index (χ1n) is 8.82. The van der Waals surface area contributed by atoms with Gasteiger partial charge in [-0.05, 0) is 50.6 Å². The van der Waals surface area contributed by atoms with Crippen LogP contribution in [0, 0.1) is 11.3 Å². The van der Waals surface area contributed by atoms with E-state index in [9.17, 15) is 4.79 Å². The molecule has 3 rings (SSSR count). The van der Waals surface area contributed by atoms with Gasteiger partial charge in [0.1, 0.15) is 12.2 Å². The number of aliphatic imine (C=N–C) groups is 1. The topological polar surface area (TPSA) is 71.7 Å². The second-order valence-corrected chi connectivity index (χ2v) is 7.59. The molecule has 0 radical (unpaired) electrons. The highest BCUT2D eigenvalue weighted by Gasteiger charge is 2.47. The number of benzene rings is 2. The largest absolute Gasteiger partial charge is 0.474 e. The Hall–Kier alpha value is -3.13. The Morgan fingerprint density at radius 3 is 2.44 bits per heavy atom. The van der Waals surface area contributed by atoms with Crippen LogP contribution in [0.15, 0.2) is 59.6 Å². The summed E-state index contributed by atoms with van der Waals surface area (Å²) < 4.78 is 11.5. The number of rotatable bonds is 4. The summed E-state index contributed by atoms with van der Waals surface area (Å²) in [4.78, 5) is 17.7. The van der Waals surface area contributed by atoms with E-state index in [0.29, 0.717) is 17.9 Å². The third kappa shape index (κ3) is 4.35. The fourth-order valence-corrected chi connectivity index (χ4v) is 2.85. The van der Waals surface area contributed by atoms with Crippen LogP contribution in [0.5, 0.6) is 0 Å². The molecular weight excluding hydrogens is 340 g/mol. The van der Waals surface area contributed by atoms with Crippen LogP contribution in [0.3, 0.4) is 0 Å². The van der Waals surface area contributed by atoms with Crippen molar-refractivity contribution in [2.45, 2.75) is 38.3 Å². The van der Waals surface area contributed by atoms with E-state index in [1.807, 2.05) is 63.2 Å². The van der Waals surface area contributed by atoms with Crippen LogP contribution in [0.2, 0.25) is 0 Å². The van der Waals surface area contributed by atoms with Gasteiger partial charge in [-0.15, -0.1) is 0 Å². The molecule has 2 aromatic carbocycles. The first-order chi connectivity index (χ1) is 12.8. The Morgan fingerprint density at radius 2 is 1.85 bits per heavy atom. The zero-order chi connectivity index (χ0) is 19.5. The molecule has 0 aromatic heterocycles. The number of esters is 1. The minimum atomic E-state index is -1.15. The zero-order valence-corrected chi connectivity index (χ0v) is 15.7. The van der Waals surface area contributed by atoms with Gasteiger partial charge in [0.2, 0.25) is 5.90 Å². The monoisotopic (exact) mass is 362 g/mol. The van der Waals surface area contributed by atoms with E-state index in [2.05, 4.69) is 11.1 Å². The molecule has 1 aliphatic heterocycles. The summed E-state index contributed by atoms with van der Waals surface area (Å²) in [6.07, 6.45) is 0.337. The van der Waals surface area contributed by atoms with E-state index in [4.69, 9.17) is 14.7 Å². The van der Waals surface area contributed by atoms with Crippen LogP contribution in [0.1, 0.15) is 37.5 Å². The van der Waals surface area contributed by atoms with Crippen molar-refractivity contribution in [3.63, 3.8) is 0 Å².